The molecule has 1 rings (SSSR count). The summed E-state index contributed by atoms with van der Waals surface area (Å²) in [5, 5.41) is 0. The Labute approximate surface area is 88.6 Å². The Balaban J connectivity index is 2.60. The fourth-order valence-corrected chi connectivity index (χ4v) is 2.54. The minimum atomic E-state index is -4.50. The van der Waals surface area contributed by atoms with Gasteiger partial charge in [-0.3, -0.25) is 4.79 Å². The Hall–Kier alpha value is -0.690. The van der Waals surface area contributed by atoms with Crippen LogP contribution in [0.5, 0.6) is 0 Å². The molecule has 1 saturated heterocycles. The minimum Gasteiger partial charge on any atom is -0.338 e. The van der Waals surface area contributed by atoms with Crippen LogP contribution in [0.1, 0.15) is 13.3 Å². The zero-order valence-electron chi connectivity index (χ0n) is 8.52. The Bertz CT molecular complexity index is 344. The maximum absolute atomic E-state index is 12.4. The SMILES string of the molecule is CC(CN)N1CC(CS(=O)(=O)F)CC1=O. The number of halogens is 1. The molecule has 7 heteroatoms. The van der Waals surface area contributed by atoms with Crippen molar-refractivity contribution in [1.82, 2.24) is 4.90 Å². The first-order valence-electron chi connectivity index (χ1n) is 4.75. The second kappa shape index (κ2) is 4.44. The van der Waals surface area contributed by atoms with Crippen LogP contribution in [0.3, 0.4) is 0 Å². The molecule has 5 nitrogen and oxygen atoms in total. The molecule has 0 aromatic rings. The summed E-state index contributed by atoms with van der Waals surface area (Å²) < 4.78 is 33.2. The number of likely N-dealkylation sites (tertiary alicyclic amines) is 1. The van der Waals surface area contributed by atoms with Crippen LogP contribution in [0, 0.1) is 5.92 Å². The molecule has 0 bridgehead atoms. The van der Waals surface area contributed by atoms with Crippen molar-refractivity contribution in [1.29, 1.82) is 0 Å². The number of hydrogen-bond donors (Lipinski definition) is 1. The van der Waals surface area contributed by atoms with Gasteiger partial charge in [0.2, 0.25) is 5.91 Å². The Morgan fingerprint density at radius 2 is 2.27 bits per heavy atom. The first-order valence-corrected chi connectivity index (χ1v) is 6.30. The number of amides is 1. The third-order valence-electron chi connectivity index (χ3n) is 2.55. The van der Waals surface area contributed by atoms with Crippen LogP contribution in [-0.2, 0) is 15.0 Å². The van der Waals surface area contributed by atoms with Crippen LogP contribution in [0.25, 0.3) is 0 Å². The number of carbonyl (C=O) groups excluding carboxylic acids is 1. The van der Waals surface area contributed by atoms with E-state index in [9.17, 15) is 17.1 Å². The van der Waals surface area contributed by atoms with Gasteiger partial charge in [0.15, 0.2) is 0 Å². The second-order valence-corrected chi connectivity index (χ2v) is 5.32. The average molecular weight is 238 g/mol. The van der Waals surface area contributed by atoms with Crippen molar-refractivity contribution < 1.29 is 17.1 Å². The van der Waals surface area contributed by atoms with Gasteiger partial charge in [0, 0.05) is 31.5 Å². The highest BCUT2D eigenvalue weighted by atomic mass is 32.3. The van der Waals surface area contributed by atoms with Gasteiger partial charge >= 0.3 is 10.2 Å². The third kappa shape index (κ3) is 3.42. The van der Waals surface area contributed by atoms with Crippen LogP contribution in [0.2, 0.25) is 0 Å². The maximum atomic E-state index is 12.4. The van der Waals surface area contributed by atoms with E-state index in [0.29, 0.717) is 6.54 Å². The van der Waals surface area contributed by atoms with Gasteiger partial charge in [-0.15, -0.1) is 3.89 Å². The van der Waals surface area contributed by atoms with E-state index in [4.69, 9.17) is 5.73 Å². The molecule has 15 heavy (non-hydrogen) atoms. The highest BCUT2D eigenvalue weighted by Gasteiger charge is 2.34. The quantitative estimate of drug-likeness (QED) is 0.668. The molecule has 2 N–H and O–H groups in total. The van der Waals surface area contributed by atoms with Crippen molar-refractivity contribution in [2.24, 2.45) is 11.7 Å². The summed E-state index contributed by atoms with van der Waals surface area (Å²) in [7, 11) is -4.50. The molecule has 1 heterocycles. The van der Waals surface area contributed by atoms with E-state index in [1.807, 2.05) is 0 Å². The van der Waals surface area contributed by atoms with Gasteiger partial charge in [-0.05, 0) is 6.92 Å². The molecular weight excluding hydrogens is 223 g/mol. The van der Waals surface area contributed by atoms with Crippen molar-refractivity contribution in [3.8, 4) is 0 Å². The largest absolute Gasteiger partial charge is 0.338 e. The van der Waals surface area contributed by atoms with Crippen LogP contribution in [0.15, 0.2) is 0 Å². The van der Waals surface area contributed by atoms with Gasteiger partial charge in [0.1, 0.15) is 0 Å². The monoisotopic (exact) mass is 238 g/mol. The summed E-state index contributed by atoms with van der Waals surface area (Å²) in [5.41, 5.74) is 5.40. The van der Waals surface area contributed by atoms with E-state index >= 15 is 0 Å². The first kappa shape index (κ1) is 12.4. The lowest BCUT2D eigenvalue weighted by atomic mass is 10.1. The van der Waals surface area contributed by atoms with E-state index in [0.717, 1.165) is 0 Å². The van der Waals surface area contributed by atoms with E-state index < -0.39 is 21.9 Å². The van der Waals surface area contributed by atoms with Crippen molar-refractivity contribution >= 4 is 16.1 Å². The fraction of sp³-hybridized carbons (Fsp3) is 0.875. The van der Waals surface area contributed by atoms with Crippen molar-refractivity contribution in [3.63, 3.8) is 0 Å². The second-order valence-electron chi connectivity index (χ2n) is 3.91. The molecule has 1 amide bonds. The molecule has 1 aliphatic heterocycles. The summed E-state index contributed by atoms with van der Waals surface area (Å²) in [6.45, 7) is 2.38. The van der Waals surface area contributed by atoms with Gasteiger partial charge in [-0.1, -0.05) is 0 Å². The average Bonchev–Trinajstić information content (AvgIpc) is 2.42. The molecule has 88 valence electrons. The zero-order chi connectivity index (χ0) is 11.6. The smallest absolute Gasteiger partial charge is 0.302 e. The van der Waals surface area contributed by atoms with E-state index in [2.05, 4.69) is 0 Å². The lowest BCUT2D eigenvalue weighted by Crippen LogP contribution is -2.39. The number of hydrogen-bond acceptors (Lipinski definition) is 4. The molecule has 1 aliphatic rings. The molecule has 0 aromatic carbocycles. The van der Waals surface area contributed by atoms with Crippen LogP contribution in [0.4, 0.5) is 3.89 Å². The van der Waals surface area contributed by atoms with Gasteiger partial charge in [-0.2, -0.15) is 8.42 Å². The highest BCUT2D eigenvalue weighted by molar-refractivity contribution is 7.86. The molecule has 0 spiro atoms. The summed E-state index contributed by atoms with van der Waals surface area (Å²) in [5.74, 6) is -1.17. The molecule has 0 saturated carbocycles. The summed E-state index contributed by atoms with van der Waals surface area (Å²) in [4.78, 5) is 12.9. The van der Waals surface area contributed by atoms with Gasteiger partial charge in [0.05, 0.1) is 5.75 Å². The van der Waals surface area contributed by atoms with E-state index in [-0.39, 0.29) is 24.9 Å². The van der Waals surface area contributed by atoms with Crippen molar-refractivity contribution in [2.45, 2.75) is 19.4 Å². The lowest BCUT2D eigenvalue weighted by molar-refractivity contribution is -0.129. The standard InChI is InChI=1S/C8H15FN2O3S/c1-6(3-10)11-4-7(2-8(11)12)5-15(9,13)14/h6-7H,2-5,10H2,1H3. The number of carbonyl (C=O) groups is 1. The highest BCUT2D eigenvalue weighted by Crippen LogP contribution is 2.21. The molecular formula is C8H15FN2O3S. The lowest BCUT2D eigenvalue weighted by Gasteiger charge is -2.23. The Morgan fingerprint density at radius 3 is 2.73 bits per heavy atom. The molecule has 0 radical (unpaired) electrons. The number of nitrogens with zero attached hydrogens (tertiary/aromatic N) is 1. The van der Waals surface area contributed by atoms with Crippen LogP contribution in [-0.4, -0.2) is 44.1 Å². The summed E-state index contributed by atoms with van der Waals surface area (Å²) >= 11 is 0. The zero-order valence-corrected chi connectivity index (χ0v) is 9.34. The molecule has 0 aliphatic carbocycles. The van der Waals surface area contributed by atoms with Crippen molar-refractivity contribution in [2.75, 3.05) is 18.8 Å². The fourth-order valence-electron chi connectivity index (χ4n) is 1.75. The minimum absolute atomic E-state index is 0.0908. The molecule has 1 fully saturated rings. The first-order chi connectivity index (χ1) is 6.83. The molecule has 2 unspecified atom stereocenters. The predicted molar refractivity (Wildman–Crippen MR) is 53.2 cm³/mol. The molecule has 2 atom stereocenters. The molecule has 0 aromatic heterocycles. The summed E-state index contributed by atoms with van der Waals surface area (Å²) in [6.07, 6.45) is 0.0908. The Morgan fingerprint density at radius 1 is 1.67 bits per heavy atom. The van der Waals surface area contributed by atoms with Gasteiger partial charge in [0.25, 0.3) is 0 Å². The topological polar surface area (TPSA) is 80.5 Å². The van der Waals surface area contributed by atoms with Crippen molar-refractivity contribution in [3.05, 3.63) is 0 Å². The van der Waals surface area contributed by atoms with E-state index in [1.165, 1.54) is 4.90 Å². The Kier molecular flexibility index (Phi) is 3.67. The van der Waals surface area contributed by atoms with E-state index in [1.54, 1.807) is 6.92 Å². The van der Waals surface area contributed by atoms with Crippen LogP contribution >= 0.6 is 0 Å². The van der Waals surface area contributed by atoms with Crippen LogP contribution < -0.4 is 5.73 Å². The van der Waals surface area contributed by atoms with Gasteiger partial charge in [-0.25, -0.2) is 0 Å². The number of rotatable bonds is 4. The normalized spacial score (nSPS) is 24.6. The summed E-state index contributed by atoms with van der Waals surface area (Å²) in [6, 6.07) is -0.121. The third-order valence-corrected chi connectivity index (χ3v) is 3.42. The maximum Gasteiger partial charge on any atom is 0.302 e. The van der Waals surface area contributed by atoms with Gasteiger partial charge < -0.3 is 10.6 Å². The number of nitrogens with two attached hydrogens (primary N) is 1. The predicted octanol–water partition coefficient (Wildman–Crippen LogP) is -0.519.